The van der Waals surface area contributed by atoms with E-state index in [9.17, 15) is 10.1 Å². The van der Waals surface area contributed by atoms with Gasteiger partial charge in [-0.3, -0.25) is 10.1 Å². The van der Waals surface area contributed by atoms with Gasteiger partial charge < -0.3 is 10.6 Å². The molecule has 0 fully saturated rings. The van der Waals surface area contributed by atoms with E-state index < -0.39 is 0 Å². The number of nitro benzene ring substituents is 1. The lowest BCUT2D eigenvalue weighted by Crippen LogP contribution is -2.31. The maximum absolute atomic E-state index is 10.9. The highest BCUT2D eigenvalue weighted by Crippen LogP contribution is 2.30. The van der Waals surface area contributed by atoms with Gasteiger partial charge in [0.1, 0.15) is 0 Å². The molecule has 0 saturated heterocycles. The summed E-state index contributed by atoms with van der Waals surface area (Å²) in [4.78, 5) is 12.8. The zero-order valence-corrected chi connectivity index (χ0v) is 11.9. The lowest BCUT2D eigenvalue weighted by Gasteiger charge is -2.31. The predicted molar refractivity (Wildman–Crippen MR) is 83.4 cm³/mol. The maximum Gasteiger partial charge on any atom is 0.272 e. The molecule has 1 aliphatic rings. The summed E-state index contributed by atoms with van der Waals surface area (Å²) in [7, 11) is 0. The molecule has 0 radical (unpaired) electrons. The molecule has 0 spiro atoms. The van der Waals surface area contributed by atoms with Crippen molar-refractivity contribution in [2.45, 2.75) is 19.9 Å². The van der Waals surface area contributed by atoms with E-state index in [4.69, 9.17) is 5.73 Å². The van der Waals surface area contributed by atoms with Crippen LogP contribution >= 0.6 is 0 Å². The van der Waals surface area contributed by atoms with Crippen LogP contribution in [0, 0.1) is 17.0 Å². The standard InChI is InChI=1S/C16H17N3O2/c1-11-9-13(5-6-16(11)19(20)21)18-8-7-12-3-2-4-15(17)14(12)10-18/h2-6,9H,7-8,10,17H2,1H3. The van der Waals surface area contributed by atoms with Crippen LogP contribution in [0.5, 0.6) is 0 Å². The average molecular weight is 283 g/mol. The number of hydrogen-bond donors (Lipinski definition) is 1. The van der Waals surface area contributed by atoms with Crippen LogP contribution in [0.4, 0.5) is 17.1 Å². The third-order valence-electron chi connectivity index (χ3n) is 4.05. The highest BCUT2D eigenvalue weighted by molar-refractivity contribution is 5.60. The first-order valence-electron chi connectivity index (χ1n) is 6.92. The summed E-state index contributed by atoms with van der Waals surface area (Å²) >= 11 is 0. The maximum atomic E-state index is 10.9. The van der Waals surface area contributed by atoms with Crippen molar-refractivity contribution in [1.29, 1.82) is 0 Å². The van der Waals surface area contributed by atoms with E-state index in [0.717, 1.165) is 30.9 Å². The number of fused-ring (bicyclic) bond motifs is 1. The number of nitro groups is 1. The number of nitrogens with two attached hydrogens (primary N) is 1. The second kappa shape index (κ2) is 5.09. The molecule has 0 aliphatic carbocycles. The van der Waals surface area contributed by atoms with Crippen molar-refractivity contribution in [2.75, 3.05) is 17.2 Å². The van der Waals surface area contributed by atoms with Crippen molar-refractivity contribution in [3.05, 3.63) is 63.2 Å². The van der Waals surface area contributed by atoms with Crippen LogP contribution in [0.1, 0.15) is 16.7 Å². The second-order valence-electron chi connectivity index (χ2n) is 5.38. The van der Waals surface area contributed by atoms with Gasteiger partial charge in [-0.15, -0.1) is 0 Å². The Balaban J connectivity index is 1.91. The highest BCUT2D eigenvalue weighted by Gasteiger charge is 2.20. The zero-order chi connectivity index (χ0) is 15.0. The van der Waals surface area contributed by atoms with Gasteiger partial charge in [-0.05, 0) is 42.7 Å². The van der Waals surface area contributed by atoms with Crippen LogP contribution in [0.15, 0.2) is 36.4 Å². The van der Waals surface area contributed by atoms with Gasteiger partial charge in [0.05, 0.1) is 4.92 Å². The number of anilines is 2. The Hall–Kier alpha value is -2.56. The van der Waals surface area contributed by atoms with Gasteiger partial charge in [0.2, 0.25) is 0 Å². The fraction of sp³-hybridized carbons (Fsp3) is 0.250. The molecule has 108 valence electrons. The monoisotopic (exact) mass is 283 g/mol. The molecule has 0 saturated carbocycles. The van der Waals surface area contributed by atoms with Crippen molar-refractivity contribution in [2.24, 2.45) is 0 Å². The Labute approximate surface area is 123 Å². The van der Waals surface area contributed by atoms with Gasteiger partial charge in [0.25, 0.3) is 5.69 Å². The summed E-state index contributed by atoms with van der Waals surface area (Å²) in [5.41, 5.74) is 11.2. The van der Waals surface area contributed by atoms with E-state index in [0.29, 0.717) is 5.56 Å². The van der Waals surface area contributed by atoms with E-state index in [1.165, 1.54) is 11.1 Å². The first-order chi connectivity index (χ1) is 10.1. The topological polar surface area (TPSA) is 72.4 Å². The highest BCUT2D eigenvalue weighted by atomic mass is 16.6. The van der Waals surface area contributed by atoms with Crippen LogP contribution in [-0.2, 0) is 13.0 Å². The second-order valence-corrected chi connectivity index (χ2v) is 5.38. The molecule has 0 atom stereocenters. The predicted octanol–water partition coefficient (Wildman–Crippen LogP) is 3.05. The van der Waals surface area contributed by atoms with Gasteiger partial charge in [-0.25, -0.2) is 0 Å². The lowest BCUT2D eigenvalue weighted by atomic mass is 9.97. The van der Waals surface area contributed by atoms with Crippen LogP contribution in [0.25, 0.3) is 0 Å². The number of hydrogen-bond acceptors (Lipinski definition) is 4. The summed E-state index contributed by atoms with van der Waals surface area (Å²) in [5.74, 6) is 0. The minimum absolute atomic E-state index is 0.163. The molecular formula is C16H17N3O2. The van der Waals surface area contributed by atoms with Crippen molar-refractivity contribution in [3.8, 4) is 0 Å². The Kier molecular flexibility index (Phi) is 3.25. The Bertz CT molecular complexity index is 713. The molecule has 21 heavy (non-hydrogen) atoms. The van der Waals surface area contributed by atoms with E-state index >= 15 is 0 Å². The van der Waals surface area contributed by atoms with Crippen molar-refractivity contribution in [1.82, 2.24) is 0 Å². The summed E-state index contributed by atoms with van der Waals surface area (Å²) in [6, 6.07) is 11.3. The van der Waals surface area contributed by atoms with Crippen molar-refractivity contribution in [3.63, 3.8) is 0 Å². The van der Waals surface area contributed by atoms with Crippen molar-refractivity contribution < 1.29 is 4.92 Å². The molecule has 5 heteroatoms. The quantitative estimate of drug-likeness (QED) is 0.522. The number of aryl methyl sites for hydroxylation is 1. The molecule has 0 unspecified atom stereocenters. The molecule has 0 amide bonds. The fourth-order valence-electron chi connectivity index (χ4n) is 2.87. The fourth-order valence-corrected chi connectivity index (χ4v) is 2.87. The van der Waals surface area contributed by atoms with Crippen LogP contribution < -0.4 is 10.6 Å². The van der Waals surface area contributed by atoms with Crippen LogP contribution in [0.2, 0.25) is 0 Å². The molecule has 0 aromatic heterocycles. The summed E-state index contributed by atoms with van der Waals surface area (Å²) in [5, 5.41) is 10.9. The largest absolute Gasteiger partial charge is 0.398 e. The lowest BCUT2D eigenvalue weighted by molar-refractivity contribution is -0.385. The summed E-state index contributed by atoms with van der Waals surface area (Å²) in [6.07, 6.45) is 0.941. The molecule has 1 heterocycles. The minimum Gasteiger partial charge on any atom is -0.398 e. The number of rotatable bonds is 2. The first kappa shape index (κ1) is 13.4. The van der Waals surface area contributed by atoms with Gasteiger partial charge >= 0.3 is 0 Å². The van der Waals surface area contributed by atoms with E-state index in [1.54, 1.807) is 13.0 Å². The average Bonchev–Trinajstić information content (AvgIpc) is 2.47. The first-order valence-corrected chi connectivity index (χ1v) is 6.92. The Morgan fingerprint density at radius 1 is 1.29 bits per heavy atom. The van der Waals surface area contributed by atoms with Crippen molar-refractivity contribution >= 4 is 17.1 Å². The third kappa shape index (κ3) is 2.42. The smallest absolute Gasteiger partial charge is 0.272 e. The molecule has 2 N–H and O–H groups in total. The van der Waals surface area contributed by atoms with E-state index in [1.807, 2.05) is 24.3 Å². The van der Waals surface area contributed by atoms with Gasteiger partial charge in [-0.1, -0.05) is 12.1 Å². The molecule has 0 bridgehead atoms. The summed E-state index contributed by atoms with van der Waals surface area (Å²) < 4.78 is 0. The van der Waals surface area contributed by atoms with E-state index in [-0.39, 0.29) is 10.6 Å². The number of nitrogen functional groups attached to an aromatic ring is 1. The normalized spacial score (nSPS) is 13.9. The SMILES string of the molecule is Cc1cc(N2CCc3cccc(N)c3C2)ccc1[N+](=O)[O-]. The van der Waals surface area contributed by atoms with Crippen LogP contribution in [-0.4, -0.2) is 11.5 Å². The molecule has 5 nitrogen and oxygen atoms in total. The van der Waals surface area contributed by atoms with Crippen LogP contribution in [0.3, 0.4) is 0 Å². The molecule has 3 rings (SSSR count). The minimum atomic E-state index is -0.345. The van der Waals surface area contributed by atoms with Gasteiger partial charge in [0.15, 0.2) is 0 Å². The Morgan fingerprint density at radius 3 is 2.81 bits per heavy atom. The number of nitrogens with zero attached hydrogens (tertiary/aromatic N) is 2. The number of benzene rings is 2. The van der Waals surface area contributed by atoms with E-state index in [2.05, 4.69) is 11.0 Å². The third-order valence-corrected chi connectivity index (χ3v) is 4.05. The molecule has 2 aromatic carbocycles. The van der Waals surface area contributed by atoms with Gasteiger partial charge in [-0.2, -0.15) is 0 Å². The Morgan fingerprint density at radius 2 is 2.10 bits per heavy atom. The molecular weight excluding hydrogens is 266 g/mol. The summed E-state index contributed by atoms with van der Waals surface area (Å²) in [6.45, 7) is 3.42. The molecule has 2 aromatic rings. The van der Waals surface area contributed by atoms with Gasteiger partial charge in [0, 0.05) is 36.1 Å². The zero-order valence-electron chi connectivity index (χ0n) is 11.9. The molecule has 1 aliphatic heterocycles.